The smallest absolute Gasteiger partial charge is 0.300 e. The second-order valence-electron chi connectivity index (χ2n) is 6.89. The summed E-state index contributed by atoms with van der Waals surface area (Å²) in [6.45, 7) is 2.35. The summed E-state index contributed by atoms with van der Waals surface area (Å²) in [4.78, 5) is 31.3. The number of Topliss-reactive ketones (excluding diaryl/α,β-unsaturated/α-hetero) is 1. The van der Waals surface area contributed by atoms with Gasteiger partial charge in [-0.15, -0.1) is 0 Å². The van der Waals surface area contributed by atoms with Gasteiger partial charge in [0.2, 0.25) is 0 Å². The standard InChI is InChI=1S/C24H19FN2O4/c1-2-31-19-11-5-15(6-12-19)22(28)20-21(16-4-3-13-26-14-16)27(24(30)23(20)29)18-9-7-17(25)8-10-18/h3-14,21,28H,2H2,1H3/b22-20-. The van der Waals surface area contributed by atoms with E-state index < -0.39 is 23.5 Å². The van der Waals surface area contributed by atoms with Crippen LogP contribution in [0.3, 0.4) is 0 Å². The zero-order chi connectivity index (χ0) is 22.0. The number of aliphatic hydroxyl groups is 1. The maximum atomic E-state index is 13.4. The van der Waals surface area contributed by atoms with Gasteiger partial charge in [0.1, 0.15) is 17.3 Å². The first kappa shape index (κ1) is 20.3. The molecule has 1 unspecified atom stereocenters. The highest BCUT2D eigenvalue weighted by Gasteiger charge is 2.47. The number of nitrogens with zero attached hydrogens (tertiary/aromatic N) is 2. The van der Waals surface area contributed by atoms with Gasteiger partial charge in [0, 0.05) is 23.6 Å². The Kier molecular flexibility index (Phi) is 5.49. The van der Waals surface area contributed by atoms with Crippen molar-refractivity contribution in [1.82, 2.24) is 4.98 Å². The lowest BCUT2D eigenvalue weighted by molar-refractivity contribution is -0.132. The summed E-state index contributed by atoms with van der Waals surface area (Å²) in [6.07, 6.45) is 3.10. The van der Waals surface area contributed by atoms with Gasteiger partial charge in [0.05, 0.1) is 18.2 Å². The van der Waals surface area contributed by atoms with E-state index in [1.54, 1.807) is 42.6 Å². The number of carbonyl (C=O) groups is 2. The van der Waals surface area contributed by atoms with E-state index in [1.807, 2.05) is 6.92 Å². The number of amides is 1. The molecular formula is C24H19FN2O4. The topological polar surface area (TPSA) is 79.7 Å². The minimum Gasteiger partial charge on any atom is -0.507 e. The van der Waals surface area contributed by atoms with Crippen LogP contribution in [-0.4, -0.2) is 28.4 Å². The highest BCUT2D eigenvalue weighted by atomic mass is 19.1. The van der Waals surface area contributed by atoms with Gasteiger partial charge in [-0.25, -0.2) is 4.39 Å². The fraction of sp³-hybridized carbons (Fsp3) is 0.125. The Morgan fingerprint density at radius 3 is 2.42 bits per heavy atom. The predicted molar refractivity (Wildman–Crippen MR) is 113 cm³/mol. The molecule has 0 aliphatic carbocycles. The van der Waals surface area contributed by atoms with Crippen LogP contribution in [0.15, 0.2) is 78.6 Å². The Balaban J connectivity index is 1.87. The summed E-state index contributed by atoms with van der Waals surface area (Å²) in [5.74, 6) is -1.79. The number of ketones is 1. The number of pyridine rings is 1. The summed E-state index contributed by atoms with van der Waals surface area (Å²) < 4.78 is 18.9. The molecule has 156 valence electrons. The second-order valence-corrected chi connectivity index (χ2v) is 6.89. The molecule has 31 heavy (non-hydrogen) atoms. The normalized spacial score (nSPS) is 17.7. The molecule has 3 aromatic rings. The van der Waals surface area contributed by atoms with Crippen LogP contribution >= 0.6 is 0 Å². The van der Waals surface area contributed by atoms with Gasteiger partial charge >= 0.3 is 0 Å². The molecule has 6 nitrogen and oxygen atoms in total. The van der Waals surface area contributed by atoms with Crippen LogP contribution < -0.4 is 9.64 Å². The van der Waals surface area contributed by atoms with Crippen molar-refractivity contribution in [2.45, 2.75) is 13.0 Å². The third kappa shape index (κ3) is 3.77. The minimum absolute atomic E-state index is 0.0634. The van der Waals surface area contributed by atoms with Crippen LogP contribution in [0.5, 0.6) is 5.75 Å². The van der Waals surface area contributed by atoms with Crippen LogP contribution in [0.4, 0.5) is 10.1 Å². The van der Waals surface area contributed by atoms with Crippen molar-refractivity contribution >= 4 is 23.1 Å². The molecule has 1 fully saturated rings. The average Bonchev–Trinajstić information content (AvgIpc) is 3.06. The lowest BCUT2D eigenvalue weighted by atomic mass is 9.96. The molecule has 1 aromatic heterocycles. The SMILES string of the molecule is CCOc1ccc(/C(O)=C2/C(=O)C(=O)N(c3ccc(F)cc3)C2c2cccnc2)cc1. The predicted octanol–water partition coefficient (Wildman–Crippen LogP) is 4.25. The highest BCUT2D eigenvalue weighted by molar-refractivity contribution is 6.51. The van der Waals surface area contributed by atoms with E-state index in [4.69, 9.17) is 4.74 Å². The molecule has 2 aromatic carbocycles. The molecule has 1 amide bonds. The monoisotopic (exact) mass is 418 g/mol. The molecule has 1 saturated heterocycles. The fourth-order valence-electron chi connectivity index (χ4n) is 3.58. The summed E-state index contributed by atoms with van der Waals surface area (Å²) in [6, 6.07) is 14.3. The third-order valence-electron chi connectivity index (χ3n) is 4.99. The number of halogens is 1. The number of carbonyl (C=O) groups excluding carboxylic acids is 2. The van der Waals surface area contributed by atoms with E-state index in [1.165, 1.54) is 35.4 Å². The van der Waals surface area contributed by atoms with E-state index in [0.717, 1.165) is 0 Å². The van der Waals surface area contributed by atoms with Gasteiger partial charge in [-0.2, -0.15) is 0 Å². The van der Waals surface area contributed by atoms with Crippen LogP contribution in [0.1, 0.15) is 24.1 Å². The highest BCUT2D eigenvalue weighted by Crippen LogP contribution is 2.42. The molecule has 1 atom stereocenters. The quantitative estimate of drug-likeness (QED) is 0.381. The number of hydrogen-bond acceptors (Lipinski definition) is 5. The Morgan fingerprint density at radius 1 is 1.10 bits per heavy atom. The molecular weight excluding hydrogens is 399 g/mol. The molecule has 1 N–H and O–H groups in total. The van der Waals surface area contributed by atoms with Gasteiger partial charge in [-0.1, -0.05) is 6.07 Å². The number of ether oxygens (including phenoxy) is 1. The molecule has 0 radical (unpaired) electrons. The number of aliphatic hydroxyl groups excluding tert-OH is 1. The van der Waals surface area contributed by atoms with Gasteiger partial charge < -0.3 is 9.84 Å². The molecule has 0 saturated carbocycles. The van der Waals surface area contributed by atoms with Crippen LogP contribution in [0.25, 0.3) is 5.76 Å². The Bertz CT molecular complexity index is 1140. The van der Waals surface area contributed by atoms with Crippen molar-refractivity contribution in [3.63, 3.8) is 0 Å². The summed E-state index contributed by atoms with van der Waals surface area (Å²) >= 11 is 0. The van der Waals surface area contributed by atoms with E-state index in [-0.39, 0.29) is 11.3 Å². The van der Waals surface area contributed by atoms with Gasteiger partial charge in [0.25, 0.3) is 11.7 Å². The summed E-state index contributed by atoms with van der Waals surface area (Å²) in [5, 5.41) is 11.0. The van der Waals surface area contributed by atoms with E-state index >= 15 is 0 Å². The first-order valence-electron chi connectivity index (χ1n) is 9.71. The van der Waals surface area contributed by atoms with Crippen molar-refractivity contribution < 1.29 is 23.8 Å². The van der Waals surface area contributed by atoms with Crippen LogP contribution in [0, 0.1) is 5.82 Å². The lowest BCUT2D eigenvalue weighted by Gasteiger charge is -2.25. The molecule has 0 bridgehead atoms. The molecule has 1 aliphatic rings. The number of anilines is 1. The van der Waals surface area contributed by atoms with Gasteiger partial charge in [-0.05, 0) is 67.1 Å². The number of benzene rings is 2. The average molecular weight is 418 g/mol. The lowest BCUT2D eigenvalue weighted by Crippen LogP contribution is -2.29. The van der Waals surface area contributed by atoms with Crippen LogP contribution in [-0.2, 0) is 9.59 Å². The molecule has 0 spiro atoms. The first-order valence-corrected chi connectivity index (χ1v) is 9.71. The number of hydrogen-bond donors (Lipinski definition) is 1. The zero-order valence-corrected chi connectivity index (χ0v) is 16.7. The largest absolute Gasteiger partial charge is 0.507 e. The summed E-state index contributed by atoms with van der Waals surface area (Å²) in [5.41, 5.74) is 1.18. The molecule has 2 heterocycles. The first-order chi connectivity index (χ1) is 15.0. The van der Waals surface area contributed by atoms with Crippen molar-refractivity contribution in [2.75, 3.05) is 11.5 Å². The Morgan fingerprint density at radius 2 is 1.81 bits per heavy atom. The summed E-state index contributed by atoms with van der Waals surface area (Å²) in [7, 11) is 0. The molecule has 4 rings (SSSR count). The van der Waals surface area contributed by atoms with Crippen molar-refractivity contribution in [2.24, 2.45) is 0 Å². The molecule has 1 aliphatic heterocycles. The fourth-order valence-corrected chi connectivity index (χ4v) is 3.58. The number of rotatable bonds is 5. The second kappa shape index (κ2) is 8.39. The Hall–Kier alpha value is -4.00. The van der Waals surface area contributed by atoms with Gasteiger partial charge in [0.15, 0.2) is 0 Å². The van der Waals surface area contributed by atoms with E-state index in [9.17, 15) is 19.1 Å². The van der Waals surface area contributed by atoms with Gasteiger partial charge in [-0.3, -0.25) is 19.5 Å². The van der Waals surface area contributed by atoms with Crippen molar-refractivity contribution in [3.8, 4) is 5.75 Å². The van der Waals surface area contributed by atoms with Crippen molar-refractivity contribution in [3.05, 3.63) is 95.6 Å². The maximum absolute atomic E-state index is 13.4. The van der Waals surface area contributed by atoms with Crippen LogP contribution in [0.2, 0.25) is 0 Å². The number of aromatic nitrogens is 1. The maximum Gasteiger partial charge on any atom is 0.300 e. The minimum atomic E-state index is -0.911. The molecule has 7 heteroatoms. The third-order valence-corrected chi connectivity index (χ3v) is 4.99. The Labute approximate surface area is 178 Å². The van der Waals surface area contributed by atoms with E-state index in [0.29, 0.717) is 29.2 Å². The van der Waals surface area contributed by atoms with E-state index in [2.05, 4.69) is 4.98 Å². The van der Waals surface area contributed by atoms with Crippen molar-refractivity contribution in [1.29, 1.82) is 0 Å². The zero-order valence-electron chi connectivity index (χ0n) is 16.7.